The molecule has 0 bridgehead atoms. The highest BCUT2D eigenvalue weighted by Crippen LogP contribution is 2.59. The summed E-state index contributed by atoms with van der Waals surface area (Å²) in [6.45, 7) is 6.20. The Hall–Kier alpha value is -0.570. The van der Waals surface area contributed by atoms with Crippen LogP contribution in [0.15, 0.2) is 0 Å². The number of rotatable bonds is 2. The van der Waals surface area contributed by atoms with E-state index >= 15 is 0 Å². The molecule has 2 fully saturated rings. The molecule has 2 saturated carbocycles. The van der Waals surface area contributed by atoms with Gasteiger partial charge in [0, 0.05) is 0 Å². The molecule has 2 aliphatic carbocycles. The van der Waals surface area contributed by atoms with Crippen LogP contribution in [0.2, 0.25) is 0 Å². The predicted octanol–water partition coefficient (Wildman–Crippen LogP) is 2.44. The third-order valence-corrected chi connectivity index (χ3v) is 3.55. The molecule has 0 atom stereocenters. The Labute approximate surface area is 90.8 Å². The molecule has 86 valence electrons. The molecule has 1 N–H and O–H groups in total. The molecule has 3 heteroatoms. The lowest BCUT2D eigenvalue weighted by molar-refractivity contribution is -0.189. The van der Waals surface area contributed by atoms with Crippen molar-refractivity contribution < 1.29 is 14.6 Å². The van der Waals surface area contributed by atoms with Gasteiger partial charge in [-0.3, -0.25) is 4.79 Å². The van der Waals surface area contributed by atoms with Gasteiger partial charge in [0.2, 0.25) is 0 Å². The first-order valence-electron chi connectivity index (χ1n) is 5.70. The molecule has 0 heterocycles. The Morgan fingerprint density at radius 2 is 1.80 bits per heavy atom. The Bertz CT molecular complexity index is 263. The van der Waals surface area contributed by atoms with Crippen LogP contribution in [0, 0.1) is 11.3 Å². The van der Waals surface area contributed by atoms with Crippen molar-refractivity contribution in [3.63, 3.8) is 0 Å². The van der Waals surface area contributed by atoms with E-state index in [0.29, 0.717) is 11.5 Å². The molecule has 0 amide bonds. The summed E-state index contributed by atoms with van der Waals surface area (Å²) >= 11 is 0. The standard InChI is InChI=1S/C12H20O3/c1-11(2,3)15-9-6-12(7-9)4-8(5-12)10(13)14/h8-9H,4-7H2,1-3H3,(H,13,14). The number of ether oxygens (including phenoxy) is 1. The maximum Gasteiger partial charge on any atom is 0.306 e. The number of hydrogen-bond acceptors (Lipinski definition) is 2. The van der Waals surface area contributed by atoms with Crippen molar-refractivity contribution in [2.24, 2.45) is 11.3 Å². The number of aliphatic carboxylic acids is 1. The molecule has 0 unspecified atom stereocenters. The lowest BCUT2D eigenvalue weighted by Crippen LogP contribution is -2.54. The molecular formula is C12H20O3. The van der Waals surface area contributed by atoms with Crippen LogP contribution in [0.25, 0.3) is 0 Å². The Morgan fingerprint density at radius 3 is 2.20 bits per heavy atom. The Morgan fingerprint density at radius 1 is 1.27 bits per heavy atom. The van der Waals surface area contributed by atoms with E-state index in [1.807, 2.05) is 0 Å². The average molecular weight is 212 g/mol. The fourth-order valence-corrected chi connectivity index (χ4v) is 2.98. The zero-order chi connectivity index (χ0) is 11.3. The molecule has 0 aromatic rings. The number of hydrogen-bond donors (Lipinski definition) is 1. The van der Waals surface area contributed by atoms with Crippen LogP contribution in [-0.4, -0.2) is 22.8 Å². The first-order chi connectivity index (χ1) is 6.80. The lowest BCUT2D eigenvalue weighted by Gasteiger charge is -2.57. The largest absolute Gasteiger partial charge is 0.481 e. The summed E-state index contributed by atoms with van der Waals surface area (Å²) in [5.41, 5.74) is 0.265. The molecule has 2 rings (SSSR count). The van der Waals surface area contributed by atoms with Gasteiger partial charge >= 0.3 is 5.97 Å². The fraction of sp³-hybridized carbons (Fsp3) is 0.917. The second kappa shape index (κ2) is 3.21. The second-order valence-electron chi connectivity index (χ2n) is 6.20. The van der Waals surface area contributed by atoms with Crippen molar-refractivity contribution >= 4 is 5.97 Å². The van der Waals surface area contributed by atoms with E-state index in [2.05, 4.69) is 20.8 Å². The Kier molecular flexibility index (Phi) is 2.34. The Balaban J connectivity index is 1.74. The molecule has 0 radical (unpaired) electrons. The summed E-state index contributed by atoms with van der Waals surface area (Å²) in [6.07, 6.45) is 4.22. The van der Waals surface area contributed by atoms with Crippen molar-refractivity contribution in [1.82, 2.24) is 0 Å². The van der Waals surface area contributed by atoms with Crippen LogP contribution in [0.5, 0.6) is 0 Å². The monoisotopic (exact) mass is 212 g/mol. The molecule has 0 saturated heterocycles. The van der Waals surface area contributed by atoms with Gasteiger partial charge in [-0.2, -0.15) is 0 Å². The number of carboxylic acid groups (broad SMARTS) is 1. The van der Waals surface area contributed by atoms with Gasteiger partial charge in [0.15, 0.2) is 0 Å². The second-order valence-corrected chi connectivity index (χ2v) is 6.20. The molecule has 0 aliphatic heterocycles. The summed E-state index contributed by atoms with van der Waals surface area (Å²) in [5, 5.41) is 8.81. The van der Waals surface area contributed by atoms with E-state index < -0.39 is 5.97 Å². The van der Waals surface area contributed by atoms with Crippen LogP contribution < -0.4 is 0 Å². The van der Waals surface area contributed by atoms with Crippen LogP contribution >= 0.6 is 0 Å². The van der Waals surface area contributed by atoms with Gasteiger partial charge in [-0.25, -0.2) is 0 Å². The molecule has 3 nitrogen and oxygen atoms in total. The van der Waals surface area contributed by atoms with Gasteiger partial charge in [-0.05, 0) is 51.9 Å². The number of carboxylic acids is 1. The van der Waals surface area contributed by atoms with E-state index in [-0.39, 0.29) is 11.5 Å². The van der Waals surface area contributed by atoms with E-state index in [4.69, 9.17) is 9.84 Å². The quantitative estimate of drug-likeness (QED) is 0.764. The van der Waals surface area contributed by atoms with E-state index in [1.54, 1.807) is 0 Å². The fourth-order valence-electron chi connectivity index (χ4n) is 2.98. The minimum Gasteiger partial charge on any atom is -0.481 e. The van der Waals surface area contributed by atoms with Crippen molar-refractivity contribution in [2.75, 3.05) is 0 Å². The summed E-state index contributed by atoms with van der Waals surface area (Å²) in [6, 6.07) is 0. The van der Waals surface area contributed by atoms with Crippen LogP contribution in [0.3, 0.4) is 0 Å². The highest BCUT2D eigenvalue weighted by Gasteiger charge is 2.55. The average Bonchev–Trinajstić information content (AvgIpc) is 1.87. The van der Waals surface area contributed by atoms with E-state index in [9.17, 15) is 4.79 Å². The smallest absolute Gasteiger partial charge is 0.306 e. The number of carbonyl (C=O) groups is 1. The minimum atomic E-state index is -0.624. The van der Waals surface area contributed by atoms with Crippen LogP contribution in [-0.2, 0) is 9.53 Å². The highest BCUT2D eigenvalue weighted by atomic mass is 16.5. The molecule has 1 spiro atoms. The van der Waals surface area contributed by atoms with Gasteiger partial charge in [0.25, 0.3) is 0 Å². The summed E-state index contributed by atoms with van der Waals surface area (Å²) in [7, 11) is 0. The third kappa shape index (κ3) is 2.17. The van der Waals surface area contributed by atoms with Crippen LogP contribution in [0.1, 0.15) is 46.5 Å². The van der Waals surface area contributed by atoms with Crippen LogP contribution in [0.4, 0.5) is 0 Å². The zero-order valence-electron chi connectivity index (χ0n) is 9.75. The van der Waals surface area contributed by atoms with E-state index in [0.717, 1.165) is 25.7 Å². The summed E-state index contributed by atoms with van der Waals surface area (Å²) in [4.78, 5) is 10.7. The van der Waals surface area contributed by atoms with Gasteiger partial charge in [0.05, 0.1) is 17.6 Å². The molecule has 0 aromatic carbocycles. The van der Waals surface area contributed by atoms with Crippen molar-refractivity contribution in [3.05, 3.63) is 0 Å². The van der Waals surface area contributed by atoms with Gasteiger partial charge in [0.1, 0.15) is 0 Å². The zero-order valence-corrected chi connectivity index (χ0v) is 9.75. The van der Waals surface area contributed by atoms with E-state index in [1.165, 1.54) is 0 Å². The molecular weight excluding hydrogens is 192 g/mol. The first-order valence-corrected chi connectivity index (χ1v) is 5.70. The SMILES string of the molecule is CC(C)(C)OC1CC2(C1)CC(C(=O)O)C2. The highest BCUT2D eigenvalue weighted by molar-refractivity contribution is 5.71. The van der Waals surface area contributed by atoms with Crippen molar-refractivity contribution in [1.29, 1.82) is 0 Å². The maximum absolute atomic E-state index is 10.7. The van der Waals surface area contributed by atoms with Crippen molar-refractivity contribution in [3.8, 4) is 0 Å². The molecule has 15 heavy (non-hydrogen) atoms. The molecule has 0 aromatic heterocycles. The topological polar surface area (TPSA) is 46.5 Å². The lowest BCUT2D eigenvalue weighted by atomic mass is 9.50. The van der Waals surface area contributed by atoms with Gasteiger partial charge in [-0.15, -0.1) is 0 Å². The predicted molar refractivity (Wildman–Crippen MR) is 56.7 cm³/mol. The summed E-state index contributed by atoms with van der Waals surface area (Å²) < 4.78 is 5.85. The normalized spacial score (nSPS) is 39.7. The van der Waals surface area contributed by atoms with Gasteiger partial charge in [-0.1, -0.05) is 0 Å². The van der Waals surface area contributed by atoms with Gasteiger partial charge < -0.3 is 9.84 Å². The molecule has 2 aliphatic rings. The minimum absolute atomic E-state index is 0.0672. The third-order valence-electron chi connectivity index (χ3n) is 3.55. The maximum atomic E-state index is 10.7. The summed E-state index contributed by atoms with van der Waals surface area (Å²) in [5.74, 6) is -0.707. The van der Waals surface area contributed by atoms with Crippen molar-refractivity contribution in [2.45, 2.75) is 58.2 Å². The first kappa shape index (κ1) is 10.9.